The van der Waals surface area contributed by atoms with E-state index in [1.807, 2.05) is 13.8 Å². The van der Waals surface area contributed by atoms with E-state index in [-0.39, 0.29) is 59.7 Å². The Labute approximate surface area is 549 Å². The summed E-state index contributed by atoms with van der Waals surface area (Å²) in [7, 11) is 2.92. The lowest BCUT2D eigenvalue weighted by molar-refractivity contribution is -0.145. The maximum Gasteiger partial charge on any atom is 0.416 e. The Kier molecular flexibility index (Phi) is 20.0. The molecule has 6 amide bonds. The van der Waals surface area contributed by atoms with Crippen LogP contribution in [0.25, 0.3) is 43.4 Å². The number of ether oxygens (including phenoxy) is 2. The Morgan fingerprint density at radius 3 is 2.08 bits per heavy atom. The molecule has 32 heteroatoms. The molecule has 480 valence electrons. The maximum atomic E-state index is 14.4. The van der Waals surface area contributed by atoms with E-state index in [1.54, 1.807) is 70.9 Å². The van der Waals surface area contributed by atoms with E-state index in [0.717, 1.165) is 45.3 Å². The van der Waals surface area contributed by atoms with E-state index in [1.165, 1.54) is 41.7 Å². The first-order valence-corrected chi connectivity index (χ1v) is 34.3. The Morgan fingerprint density at radius 2 is 1.36 bits per heavy atom. The van der Waals surface area contributed by atoms with Gasteiger partial charge in [0.2, 0.25) is 11.8 Å². The summed E-state index contributed by atoms with van der Waals surface area (Å²) in [5.41, 5.74) is 2.33. The van der Waals surface area contributed by atoms with Crippen LogP contribution in [0.3, 0.4) is 0 Å². The second-order valence-corrected chi connectivity index (χ2v) is 28.2. The second-order valence-electron chi connectivity index (χ2n) is 22.4. The fraction of sp³-hybridized carbons (Fsp3) is 0.383. The number of nitrogens with one attached hydrogen (secondary N) is 5. The van der Waals surface area contributed by atoms with Gasteiger partial charge in [0.1, 0.15) is 88.3 Å². The molecule has 4 atom stereocenters. The van der Waals surface area contributed by atoms with Crippen LogP contribution in [0.5, 0.6) is 0 Å². The van der Waals surface area contributed by atoms with Crippen molar-refractivity contribution in [3.63, 3.8) is 0 Å². The summed E-state index contributed by atoms with van der Waals surface area (Å²) in [5, 5.41) is 54.2. The number of aliphatic hydroxyl groups excluding tert-OH is 1. The average Bonchev–Trinajstić information content (AvgIpc) is 1.67. The van der Waals surface area contributed by atoms with Crippen LogP contribution in [0.15, 0.2) is 64.0 Å². The zero-order valence-corrected chi connectivity index (χ0v) is 54.8. The minimum Gasteiger partial charge on any atom is -0.481 e. The number of aliphatic carboxylic acids is 2. The molecule has 3 aliphatic rings. The number of hydrogen-bond acceptors (Lipinski definition) is 24. The average molecular weight is 1360 g/mol. The third-order valence-electron chi connectivity index (χ3n) is 15.8. The molecule has 8 N–H and O–H groups in total. The SMILES string of the molecule is CNC(=O)C[C@@H]1NC(=O)c2csc(n2)-c2ccc(-c3nc(N(C(=O)OC4CCC(C(=O)O)CC4)C4CC(C(=O)O)C4)cs3)nc2-c2csc(n2)-c2csc(n2)[C@H]([C@@H](O)c2ccccc2)NC(=O)CNC(=O)c2nc(sc2COC)[C@H](C(C)C)NC(=O)c2nc1sc2C. The molecule has 8 heterocycles. The summed E-state index contributed by atoms with van der Waals surface area (Å²) >= 11 is 6.99. The number of fused-ring (bicyclic) bond motifs is 14. The number of pyridine rings is 1. The van der Waals surface area contributed by atoms with Gasteiger partial charge in [0.15, 0.2) is 0 Å². The smallest absolute Gasteiger partial charge is 0.416 e. The molecular formula is C60H61N13O13S6. The number of hydrogen-bond donors (Lipinski definition) is 8. The van der Waals surface area contributed by atoms with Crippen molar-refractivity contribution in [3.05, 3.63) is 111 Å². The number of aliphatic hydroxyl groups is 1. The standard InChI is InChI=1S/C60H61N13O13S6/c1-26(2)43-57-72-46(39(92-57)21-85-5)50(78)62-20-42(75)69-47(48(76)28-9-7-6-8-10-28)56-67-38(24-89-56)54-65-36(22-88-54)45-33(52-66-37(23-87-52)49(77)64-35(19-41(74)61-4)55-71-44(27(3)91-55)51(79)70-43)15-16-34(63-45)53-68-40(25-90-53)73(31-17-30(18-31)59(82)83)60(84)86-32-13-11-29(12-14-32)58(80)81/h6-10,15-16,22-26,29-32,35,43,47-48,76H,11-14,17-21H2,1-5H3,(H,61,74)(H,62,78)(H,64,77)(H,69,75)(H,70,79)(H,80,81)(H,82,83)/t29?,30?,31?,32?,35-,43-,47-,48-/m0/s1. The highest BCUT2D eigenvalue weighted by molar-refractivity contribution is 7.15. The highest BCUT2D eigenvalue weighted by atomic mass is 32.1. The van der Waals surface area contributed by atoms with Gasteiger partial charge in [0.25, 0.3) is 17.7 Å². The Morgan fingerprint density at radius 1 is 0.674 bits per heavy atom. The van der Waals surface area contributed by atoms with Crippen molar-refractivity contribution in [1.82, 2.24) is 61.5 Å². The minimum absolute atomic E-state index is 0.0119. The van der Waals surface area contributed by atoms with Crippen LogP contribution < -0.4 is 31.5 Å². The van der Waals surface area contributed by atoms with E-state index in [0.29, 0.717) is 94.4 Å². The van der Waals surface area contributed by atoms with E-state index in [2.05, 4.69) is 26.6 Å². The van der Waals surface area contributed by atoms with Crippen molar-refractivity contribution < 1.29 is 63.1 Å². The lowest BCUT2D eigenvalue weighted by Crippen LogP contribution is -2.51. The molecule has 8 aromatic rings. The van der Waals surface area contributed by atoms with Crippen molar-refractivity contribution in [2.24, 2.45) is 17.8 Å². The number of methoxy groups -OCH3 is 1. The lowest BCUT2D eigenvalue weighted by Gasteiger charge is -2.40. The number of aryl methyl sites for hydroxylation is 1. The van der Waals surface area contributed by atoms with Gasteiger partial charge in [0.05, 0.1) is 54.1 Å². The number of amides is 6. The second kappa shape index (κ2) is 28.2. The monoisotopic (exact) mass is 1360 g/mol. The molecule has 92 heavy (non-hydrogen) atoms. The molecule has 26 nitrogen and oxygen atoms in total. The quantitative estimate of drug-likeness (QED) is 0.0534. The van der Waals surface area contributed by atoms with E-state index in [9.17, 15) is 53.7 Å². The summed E-state index contributed by atoms with van der Waals surface area (Å²) in [4.78, 5) is 144. The molecule has 2 fully saturated rings. The first-order valence-electron chi connectivity index (χ1n) is 29.1. The predicted octanol–water partition coefficient (Wildman–Crippen LogP) is 8.76. The summed E-state index contributed by atoms with van der Waals surface area (Å²) in [6.45, 7) is 4.89. The van der Waals surface area contributed by atoms with Crippen molar-refractivity contribution in [1.29, 1.82) is 0 Å². The van der Waals surface area contributed by atoms with Crippen molar-refractivity contribution in [2.45, 2.75) is 109 Å². The van der Waals surface area contributed by atoms with Gasteiger partial charge in [-0.1, -0.05) is 44.2 Å². The van der Waals surface area contributed by atoms with E-state index in [4.69, 9.17) is 44.4 Å². The van der Waals surface area contributed by atoms with Gasteiger partial charge in [-0.25, -0.2) is 39.7 Å². The number of anilines is 1. The van der Waals surface area contributed by atoms with Gasteiger partial charge in [0, 0.05) is 52.2 Å². The van der Waals surface area contributed by atoms with Crippen LogP contribution in [0, 0.1) is 24.7 Å². The van der Waals surface area contributed by atoms with Gasteiger partial charge >= 0.3 is 18.0 Å². The number of benzene rings is 1. The zero-order chi connectivity index (χ0) is 65.1. The third kappa shape index (κ3) is 14.3. The number of carboxylic acids is 2. The number of carbonyl (C=O) groups is 8. The summed E-state index contributed by atoms with van der Waals surface area (Å²) < 4.78 is 11.4. The van der Waals surface area contributed by atoms with Crippen LogP contribution in [-0.2, 0) is 35.3 Å². The summed E-state index contributed by atoms with van der Waals surface area (Å²) in [5.74, 6) is -6.16. The number of nitrogens with zero attached hydrogens (tertiary/aromatic N) is 8. The van der Waals surface area contributed by atoms with Crippen LogP contribution in [0.2, 0.25) is 0 Å². The van der Waals surface area contributed by atoms with Gasteiger partial charge in [-0.05, 0) is 69.1 Å². The number of thiazole rings is 6. The van der Waals surface area contributed by atoms with Gasteiger partial charge in [-0.15, -0.1) is 68.0 Å². The Balaban J connectivity index is 0.974. The number of aromatic nitrogens is 7. The van der Waals surface area contributed by atoms with Crippen LogP contribution in [0.1, 0.15) is 145 Å². The van der Waals surface area contributed by atoms with Crippen molar-refractivity contribution in [3.8, 4) is 43.4 Å². The summed E-state index contributed by atoms with van der Waals surface area (Å²) in [6, 6.07) is 8.71. The van der Waals surface area contributed by atoms with Crippen LogP contribution in [0.4, 0.5) is 10.6 Å². The molecule has 2 saturated carbocycles. The molecule has 0 saturated heterocycles. The topological polar surface area (TPSA) is 369 Å². The molecule has 1 aliphatic heterocycles. The highest BCUT2D eigenvalue weighted by Gasteiger charge is 2.43. The molecule has 0 spiro atoms. The number of carbonyl (C=O) groups excluding carboxylic acids is 6. The van der Waals surface area contributed by atoms with Crippen LogP contribution >= 0.6 is 68.0 Å². The van der Waals surface area contributed by atoms with Crippen LogP contribution in [-0.4, -0.2) is 131 Å². The third-order valence-corrected chi connectivity index (χ3v) is 21.5. The molecule has 11 rings (SSSR count). The summed E-state index contributed by atoms with van der Waals surface area (Å²) in [6.07, 6.45) is -1.13. The number of rotatable bonds is 13. The molecule has 10 bridgehead atoms. The highest BCUT2D eigenvalue weighted by Crippen LogP contribution is 2.42. The first kappa shape index (κ1) is 65.1. The molecule has 1 aromatic carbocycles. The minimum atomic E-state index is -1.31. The molecular weight excluding hydrogens is 1300 g/mol. The normalized spacial score (nSPS) is 20.8. The molecule has 0 radical (unpaired) electrons. The number of carboxylic acid groups (broad SMARTS) is 2. The van der Waals surface area contributed by atoms with E-state index >= 15 is 0 Å². The van der Waals surface area contributed by atoms with Gasteiger partial charge in [-0.2, -0.15) is 0 Å². The first-order chi connectivity index (χ1) is 44.2. The molecule has 2 aliphatic carbocycles. The van der Waals surface area contributed by atoms with E-state index < -0.39 is 102 Å². The predicted molar refractivity (Wildman–Crippen MR) is 343 cm³/mol. The molecule has 0 unspecified atom stereocenters. The zero-order valence-electron chi connectivity index (χ0n) is 49.9. The lowest BCUT2D eigenvalue weighted by atomic mass is 9.79. The van der Waals surface area contributed by atoms with Gasteiger partial charge in [-0.3, -0.25) is 38.5 Å². The Bertz CT molecular complexity index is 4090. The maximum absolute atomic E-state index is 14.4. The molecule has 7 aromatic heterocycles. The Hall–Kier alpha value is -8.37. The van der Waals surface area contributed by atoms with Gasteiger partial charge < -0.3 is 51.4 Å². The fourth-order valence-corrected chi connectivity index (χ4v) is 16.3. The largest absolute Gasteiger partial charge is 0.481 e. The van der Waals surface area contributed by atoms with Crippen molar-refractivity contribution >= 4 is 121 Å². The fourth-order valence-electron chi connectivity index (χ4n) is 10.7. The van der Waals surface area contributed by atoms with Crippen molar-refractivity contribution in [2.75, 3.05) is 25.6 Å².